The number of benzene rings is 1. The molecule has 0 bridgehead atoms. The van der Waals surface area contributed by atoms with Gasteiger partial charge in [-0.3, -0.25) is 4.72 Å². The fourth-order valence-electron chi connectivity index (χ4n) is 0.921. The van der Waals surface area contributed by atoms with E-state index < -0.39 is 10.2 Å². The fraction of sp³-hybridized carbons (Fsp3) is 0. The van der Waals surface area contributed by atoms with E-state index in [1.54, 1.807) is 6.07 Å². The van der Waals surface area contributed by atoms with Gasteiger partial charge in [-0.2, -0.15) is 13.7 Å². The Kier molecular flexibility index (Phi) is 3.42. The van der Waals surface area contributed by atoms with Gasteiger partial charge in [-0.25, -0.2) is 5.14 Å². The summed E-state index contributed by atoms with van der Waals surface area (Å²) < 4.78 is 23.5. The van der Waals surface area contributed by atoms with Crippen molar-refractivity contribution in [3.63, 3.8) is 0 Å². The highest BCUT2D eigenvalue weighted by Gasteiger charge is 2.12. The highest BCUT2D eigenvalue weighted by molar-refractivity contribution is 7.90. The SMILES string of the molecule is N#Cc1c(Cl)cc(Cl)cc1NS(N)(=O)=O. The Balaban J connectivity index is 3.35. The maximum absolute atomic E-state index is 10.8. The molecule has 1 aromatic rings. The lowest BCUT2D eigenvalue weighted by molar-refractivity contribution is 0.603. The number of nitrogens with zero attached hydrogens (tertiary/aromatic N) is 1. The van der Waals surface area contributed by atoms with E-state index >= 15 is 0 Å². The summed E-state index contributed by atoms with van der Waals surface area (Å²) in [4.78, 5) is 0. The van der Waals surface area contributed by atoms with Crippen LogP contribution in [-0.2, 0) is 10.2 Å². The predicted molar refractivity (Wildman–Crippen MR) is 57.9 cm³/mol. The molecule has 0 amide bonds. The Hall–Kier alpha value is -1.00. The minimum atomic E-state index is -3.96. The number of hydrogen-bond donors (Lipinski definition) is 2. The smallest absolute Gasteiger partial charge is 0.270 e. The molecule has 1 rings (SSSR count). The second kappa shape index (κ2) is 4.24. The first-order chi connectivity index (χ1) is 6.83. The molecule has 0 atom stereocenters. The zero-order valence-electron chi connectivity index (χ0n) is 7.16. The van der Waals surface area contributed by atoms with Gasteiger partial charge < -0.3 is 0 Å². The van der Waals surface area contributed by atoms with Gasteiger partial charge in [-0.05, 0) is 12.1 Å². The molecule has 0 heterocycles. The van der Waals surface area contributed by atoms with E-state index in [1.807, 2.05) is 4.72 Å². The summed E-state index contributed by atoms with van der Waals surface area (Å²) in [6, 6.07) is 4.32. The Morgan fingerprint density at radius 1 is 1.40 bits per heavy atom. The Morgan fingerprint density at radius 3 is 2.47 bits per heavy atom. The molecule has 80 valence electrons. The van der Waals surface area contributed by atoms with Crippen molar-refractivity contribution in [2.24, 2.45) is 5.14 Å². The molecule has 0 saturated carbocycles. The Bertz CT molecular complexity index is 536. The summed E-state index contributed by atoms with van der Waals surface area (Å²) in [7, 11) is -3.96. The standard InChI is InChI=1S/C7H5Cl2N3O2S/c8-4-1-6(9)5(3-10)7(2-4)12-15(11,13)14/h1-2,12H,(H2,11,13,14). The molecule has 0 fully saturated rings. The van der Waals surface area contributed by atoms with E-state index in [0.29, 0.717) is 0 Å². The highest BCUT2D eigenvalue weighted by atomic mass is 35.5. The third-order valence-corrected chi connectivity index (χ3v) is 2.44. The monoisotopic (exact) mass is 265 g/mol. The van der Waals surface area contributed by atoms with Crippen LogP contribution in [0.5, 0.6) is 0 Å². The minimum Gasteiger partial charge on any atom is -0.270 e. The van der Waals surface area contributed by atoms with E-state index in [-0.39, 0.29) is 21.3 Å². The number of halogens is 2. The molecule has 0 spiro atoms. The lowest BCUT2D eigenvalue weighted by Crippen LogP contribution is -2.22. The first-order valence-electron chi connectivity index (χ1n) is 3.53. The molecule has 0 radical (unpaired) electrons. The first kappa shape index (κ1) is 12.1. The molecular formula is C7H5Cl2N3O2S. The fourth-order valence-corrected chi connectivity index (χ4v) is 1.92. The first-order valence-corrected chi connectivity index (χ1v) is 5.83. The summed E-state index contributed by atoms with van der Waals surface area (Å²) in [5, 5.41) is 13.7. The molecule has 8 heteroatoms. The molecule has 0 aliphatic heterocycles. The molecule has 5 nitrogen and oxygen atoms in total. The van der Waals surface area contributed by atoms with Crippen molar-refractivity contribution in [1.82, 2.24) is 0 Å². The van der Waals surface area contributed by atoms with Crippen molar-refractivity contribution in [3.05, 3.63) is 27.7 Å². The highest BCUT2D eigenvalue weighted by Crippen LogP contribution is 2.28. The molecule has 0 aliphatic rings. The third-order valence-electron chi connectivity index (χ3n) is 1.42. The van der Waals surface area contributed by atoms with Crippen LogP contribution in [0.2, 0.25) is 10.0 Å². The summed E-state index contributed by atoms with van der Waals surface area (Å²) in [6.45, 7) is 0. The number of hydrogen-bond acceptors (Lipinski definition) is 3. The van der Waals surface area contributed by atoms with Crippen LogP contribution in [0.15, 0.2) is 12.1 Å². The van der Waals surface area contributed by atoms with Crippen molar-refractivity contribution >= 4 is 39.1 Å². The van der Waals surface area contributed by atoms with Crippen molar-refractivity contribution in [1.29, 1.82) is 5.26 Å². The van der Waals surface area contributed by atoms with Gasteiger partial charge in [0.15, 0.2) is 0 Å². The van der Waals surface area contributed by atoms with E-state index in [0.717, 1.165) is 0 Å². The number of nitrogens with two attached hydrogens (primary N) is 1. The van der Waals surface area contributed by atoms with E-state index in [2.05, 4.69) is 0 Å². The van der Waals surface area contributed by atoms with Gasteiger partial charge in [0.05, 0.1) is 16.3 Å². The van der Waals surface area contributed by atoms with Crippen LogP contribution < -0.4 is 9.86 Å². The Labute approximate surface area is 96.6 Å². The molecular weight excluding hydrogens is 261 g/mol. The lowest BCUT2D eigenvalue weighted by Gasteiger charge is -2.07. The molecule has 3 N–H and O–H groups in total. The van der Waals surface area contributed by atoms with Crippen LogP contribution in [-0.4, -0.2) is 8.42 Å². The molecule has 0 unspecified atom stereocenters. The summed E-state index contributed by atoms with van der Waals surface area (Å²) in [5.41, 5.74) is -0.0763. The van der Waals surface area contributed by atoms with Crippen LogP contribution in [0, 0.1) is 11.3 Å². The predicted octanol–water partition coefficient (Wildman–Crippen LogP) is 1.48. The Morgan fingerprint density at radius 2 is 2.00 bits per heavy atom. The number of nitriles is 1. The van der Waals surface area contributed by atoms with Crippen molar-refractivity contribution < 1.29 is 8.42 Å². The van der Waals surface area contributed by atoms with Crippen LogP contribution in [0.3, 0.4) is 0 Å². The molecule has 15 heavy (non-hydrogen) atoms. The van der Waals surface area contributed by atoms with Gasteiger partial charge in [-0.1, -0.05) is 23.2 Å². The van der Waals surface area contributed by atoms with Crippen molar-refractivity contribution in [2.45, 2.75) is 0 Å². The second-order valence-corrected chi connectivity index (χ2v) is 4.71. The maximum Gasteiger partial charge on any atom is 0.296 e. The average molecular weight is 266 g/mol. The normalized spacial score (nSPS) is 10.8. The molecule has 0 saturated heterocycles. The van der Waals surface area contributed by atoms with Crippen LogP contribution >= 0.6 is 23.2 Å². The lowest BCUT2D eigenvalue weighted by atomic mass is 10.2. The largest absolute Gasteiger partial charge is 0.296 e. The zero-order chi connectivity index (χ0) is 11.6. The van der Waals surface area contributed by atoms with Crippen LogP contribution in [0.1, 0.15) is 5.56 Å². The summed E-state index contributed by atoms with van der Waals surface area (Å²) >= 11 is 11.3. The van der Waals surface area contributed by atoms with Gasteiger partial charge in [0.1, 0.15) is 6.07 Å². The summed E-state index contributed by atoms with van der Waals surface area (Å²) in [6.07, 6.45) is 0. The van der Waals surface area contributed by atoms with Gasteiger partial charge in [0, 0.05) is 5.02 Å². The number of rotatable bonds is 2. The molecule has 0 aliphatic carbocycles. The minimum absolute atomic E-state index is 0.0323. The maximum atomic E-state index is 10.8. The van der Waals surface area contributed by atoms with Gasteiger partial charge in [-0.15, -0.1) is 0 Å². The third kappa shape index (κ3) is 3.25. The number of anilines is 1. The quantitative estimate of drug-likeness (QED) is 0.848. The van der Waals surface area contributed by atoms with Gasteiger partial charge in [0.2, 0.25) is 0 Å². The molecule has 0 aromatic heterocycles. The zero-order valence-corrected chi connectivity index (χ0v) is 9.49. The second-order valence-electron chi connectivity index (χ2n) is 2.57. The van der Waals surface area contributed by atoms with E-state index in [1.165, 1.54) is 12.1 Å². The number of nitrogens with one attached hydrogen (secondary N) is 1. The average Bonchev–Trinajstić information content (AvgIpc) is 1.99. The topological polar surface area (TPSA) is 96.0 Å². The van der Waals surface area contributed by atoms with Crippen molar-refractivity contribution in [3.8, 4) is 6.07 Å². The van der Waals surface area contributed by atoms with Gasteiger partial charge >= 0.3 is 0 Å². The van der Waals surface area contributed by atoms with E-state index in [4.69, 9.17) is 33.6 Å². The summed E-state index contributed by atoms with van der Waals surface area (Å²) in [5.74, 6) is 0. The van der Waals surface area contributed by atoms with Crippen LogP contribution in [0.4, 0.5) is 5.69 Å². The molecule has 1 aromatic carbocycles. The van der Waals surface area contributed by atoms with Crippen LogP contribution in [0.25, 0.3) is 0 Å². The van der Waals surface area contributed by atoms with Crippen molar-refractivity contribution in [2.75, 3.05) is 4.72 Å². The van der Waals surface area contributed by atoms with E-state index in [9.17, 15) is 8.42 Å². The van der Waals surface area contributed by atoms with Gasteiger partial charge in [0.25, 0.3) is 10.2 Å².